The summed E-state index contributed by atoms with van der Waals surface area (Å²) in [6.07, 6.45) is 1.28. The van der Waals surface area contributed by atoms with E-state index >= 15 is 0 Å². The van der Waals surface area contributed by atoms with Gasteiger partial charge in [0, 0.05) is 23.9 Å². The molecule has 0 saturated heterocycles. The summed E-state index contributed by atoms with van der Waals surface area (Å²) >= 11 is 5.96. The van der Waals surface area contributed by atoms with E-state index < -0.39 is 17.1 Å². The summed E-state index contributed by atoms with van der Waals surface area (Å²) in [7, 11) is 0. The Bertz CT molecular complexity index is 1010. The number of benzene rings is 1. The molecule has 108 valence electrons. The van der Waals surface area contributed by atoms with Crippen molar-refractivity contribution >= 4 is 22.5 Å². The lowest BCUT2D eigenvalue weighted by molar-refractivity contribution is 0.591. The molecule has 3 rings (SSSR count). The Labute approximate surface area is 127 Å². The van der Waals surface area contributed by atoms with E-state index in [-0.39, 0.29) is 27.3 Å². The maximum Gasteiger partial charge on any atom is 0.192 e. The molecule has 0 atom stereocenters. The fourth-order valence-corrected chi connectivity index (χ4v) is 2.36. The third kappa shape index (κ3) is 2.32. The summed E-state index contributed by atoms with van der Waals surface area (Å²) in [5.74, 6) is -1.76. The average molecular weight is 318 g/mol. The van der Waals surface area contributed by atoms with Crippen LogP contribution in [0.3, 0.4) is 0 Å². The van der Waals surface area contributed by atoms with Crippen molar-refractivity contribution in [2.45, 2.75) is 0 Å². The predicted octanol–water partition coefficient (Wildman–Crippen LogP) is 3.39. The molecule has 0 saturated carbocycles. The van der Waals surface area contributed by atoms with Gasteiger partial charge in [0.05, 0.1) is 22.2 Å². The minimum atomic E-state index is -0.946. The first-order valence-corrected chi connectivity index (χ1v) is 6.45. The van der Waals surface area contributed by atoms with E-state index in [9.17, 15) is 13.6 Å². The maximum atomic E-state index is 13.7. The van der Waals surface area contributed by atoms with Gasteiger partial charge in [0.1, 0.15) is 22.9 Å². The van der Waals surface area contributed by atoms with E-state index in [2.05, 4.69) is 9.97 Å². The van der Waals surface area contributed by atoms with Crippen molar-refractivity contribution in [1.82, 2.24) is 9.97 Å². The van der Waals surface area contributed by atoms with Crippen LogP contribution in [0.4, 0.5) is 8.78 Å². The van der Waals surface area contributed by atoms with E-state index in [0.717, 1.165) is 12.1 Å². The molecule has 0 unspecified atom stereocenters. The zero-order valence-electron chi connectivity index (χ0n) is 10.8. The lowest BCUT2D eigenvalue weighted by Gasteiger charge is -2.07. The van der Waals surface area contributed by atoms with E-state index in [1.807, 2.05) is 6.07 Å². The number of hydrogen-bond acceptors (Lipinski definition) is 3. The molecule has 3 aromatic rings. The first-order chi connectivity index (χ1) is 10.5. The van der Waals surface area contributed by atoms with Crippen LogP contribution in [0.1, 0.15) is 5.56 Å². The molecule has 2 aromatic heterocycles. The Morgan fingerprint density at radius 2 is 2.00 bits per heavy atom. The van der Waals surface area contributed by atoms with Crippen molar-refractivity contribution in [3.63, 3.8) is 0 Å². The molecule has 0 amide bonds. The molecule has 0 aliphatic heterocycles. The van der Waals surface area contributed by atoms with Crippen LogP contribution in [0.5, 0.6) is 0 Å². The third-order valence-electron chi connectivity index (χ3n) is 3.10. The van der Waals surface area contributed by atoms with Crippen LogP contribution >= 0.6 is 11.6 Å². The first kappa shape index (κ1) is 14.2. The number of nitrogens with one attached hydrogen (secondary N) is 1. The lowest BCUT2D eigenvalue weighted by atomic mass is 10.1. The molecule has 0 radical (unpaired) electrons. The van der Waals surface area contributed by atoms with Crippen LogP contribution in [0.15, 0.2) is 35.3 Å². The number of hydrogen-bond donors (Lipinski definition) is 1. The molecular formula is C15H6ClF2N3O. The van der Waals surface area contributed by atoms with Gasteiger partial charge in [-0.25, -0.2) is 13.8 Å². The fourth-order valence-electron chi connectivity index (χ4n) is 2.15. The maximum absolute atomic E-state index is 13.7. The lowest BCUT2D eigenvalue weighted by Crippen LogP contribution is -2.06. The molecule has 7 heteroatoms. The van der Waals surface area contributed by atoms with Crippen molar-refractivity contribution < 1.29 is 8.78 Å². The number of fused-ring (bicyclic) bond motifs is 1. The number of H-pyrrole nitrogens is 1. The second-order valence-electron chi connectivity index (χ2n) is 4.53. The summed E-state index contributed by atoms with van der Waals surface area (Å²) < 4.78 is 27.0. The second-order valence-corrected chi connectivity index (χ2v) is 4.89. The van der Waals surface area contributed by atoms with Crippen LogP contribution in [0, 0.1) is 23.0 Å². The Kier molecular flexibility index (Phi) is 3.35. The van der Waals surface area contributed by atoms with Crippen molar-refractivity contribution in [2.24, 2.45) is 0 Å². The van der Waals surface area contributed by atoms with Crippen LogP contribution < -0.4 is 5.43 Å². The number of nitrogens with zero attached hydrogens (tertiary/aromatic N) is 2. The molecule has 0 fully saturated rings. The van der Waals surface area contributed by atoms with Crippen molar-refractivity contribution in [3.05, 3.63) is 63.0 Å². The van der Waals surface area contributed by atoms with Crippen LogP contribution in [-0.4, -0.2) is 9.97 Å². The minimum absolute atomic E-state index is 0.00146. The van der Waals surface area contributed by atoms with Gasteiger partial charge in [0.2, 0.25) is 0 Å². The second kappa shape index (κ2) is 5.20. The molecular weight excluding hydrogens is 312 g/mol. The third-order valence-corrected chi connectivity index (χ3v) is 3.41. The predicted molar refractivity (Wildman–Crippen MR) is 77.4 cm³/mol. The molecule has 1 aromatic carbocycles. The highest BCUT2D eigenvalue weighted by atomic mass is 35.5. The largest absolute Gasteiger partial charge is 0.354 e. The smallest absolute Gasteiger partial charge is 0.192 e. The zero-order valence-corrected chi connectivity index (χ0v) is 11.6. The van der Waals surface area contributed by atoms with Crippen LogP contribution in [0.25, 0.3) is 22.2 Å². The Morgan fingerprint density at radius 3 is 2.73 bits per heavy atom. The van der Waals surface area contributed by atoms with E-state index in [4.69, 9.17) is 16.9 Å². The van der Waals surface area contributed by atoms with Crippen molar-refractivity contribution in [1.29, 1.82) is 5.26 Å². The topological polar surface area (TPSA) is 69.5 Å². The van der Waals surface area contributed by atoms with E-state index in [1.165, 1.54) is 12.3 Å². The SMILES string of the molecule is N#Cc1cnc(Cl)c(-c2cc(=O)c3c(F)cc(F)cc3[nH]2)c1. The van der Waals surface area contributed by atoms with Crippen molar-refractivity contribution in [2.75, 3.05) is 0 Å². The number of aromatic amines is 1. The fraction of sp³-hybridized carbons (Fsp3) is 0. The summed E-state index contributed by atoms with van der Waals surface area (Å²) in [4.78, 5) is 18.6. The van der Waals surface area contributed by atoms with Crippen LogP contribution in [-0.2, 0) is 0 Å². The number of aromatic nitrogens is 2. The Hall–Kier alpha value is -2.78. The summed E-state index contributed by atoms with van der Waals surface area (Å²) in [5, 5.41) is 8.71. The number of nitriles is 1. The van der Waals surface area contributed by atoms with Gasteiger partial charge in [-0.05, 0) is 12.1 Å². The molecule has 0 bridgehead atoms. The standard InChI is InChI=1S/C15H6ClF2N3O/c16-15-9(1-7(5-19)6-20-15)11-4-13(22)14-10(18)2-8(17)3-12(14)21-11/h1-4,6H,(H,21,22). The molecule has 0 aliphatic rings. The van der Waals surface area contributed by atoms with Gasteiger partial charge in [0.25, 0.3) is 0 Å². The summed E-state index contributed by atoms with van der Waals surface area (Å²) in [5.41, 5.74) is 0.130. The van der Waals surface area contributed by atoms with E-state index in [0.29, 0.717) is 11.6 Å². The normalized spacial score (nSPS) is 10.6. The van der Waals surface area contributed by atoms with Gasteiger partial charge in [0.15, 0.2) is 5.43 Å². The molecule has 4 nitrogen and oxygen atoms in total. The average Bonchev–Trinajstić information content (AvgIpc) is 2.46. The number of pyridine rings is 2. The van der Waals surface area contributed by atoms with Gasteiger partial charge >= 0.3 is 0 Å². The van der Waals surface area contributed by atoms with Gasteiger partial charge in [-0.15, -0.1) is 0 Å². The Morgan fingerprint density at radius 1 is 1.23 bits per heavy atom. The Balaban J connectivity index is 2.34. The van der Waals surface area contributed by atoms with Crippen molar-refractivity contribution in [3.8, 4) is 17.3 Å². The quantitative estimate of drug-likeness (QED) is 0.699. The summed E-state index contributed by atoms with van der Waals surface area (Å²) in [6.45, 7) is 0. The van der Waals surface area contributed by atoms with E-state index in [1.54, 1.807) is 0 Å². The number of halogens is 3. The molecule has 1 N–H and O–H groups in total. The molecule has 22 heavy (non-hydrogen) atoms. The highest BCUT2D eigenvalue weighted by Gasteiger charge is 2.13. The molecule has 0 spiro atoms. The zero-order chi connectivity index (χ0) is 15.9. The van der Waals surface area contributed by atoms with Gasteiger partial charge in [-0.2, -0.15) is 5.26 Å². The highest BCUT2D eigenvalue weighted by molar-refractivity contribution is 6.32. The summed E-state index contributed by atoms with van der Waals surface area (Å²) in [6, 6.07) is 6.12. The molecule has 2 heterocycles. The number of rotatable bonds is 1. The minimum Gasteiger partial charge on any atom is -0.354 e. The molecule has 0 aliphatic carbocycles. The van der Waals surface area contributed by atoms with Gasteiger partial charge in [-0.1, -0.05) is 11.6 Å². The van der Waals surface area contributed by atoms with Gasteiger partial charge in [-0.3, -0.25) is 4.79 Å². The monoisotopic (exact) mass is 317 g/mol. The first-order valence-electron chi connectivity index (χ1n) is 6.07. The van der Waals surface area contributed by atoms with Crippen LogP contribution in [0.2, 0.25) is 5.15 Å². The highest BCUT2D eigenvalue weighted by Crippen LogP contribution is 2.26. The van der Waals surface area contributed by atoms with Gasteiger partial charge < -0.3 is 4.98 Å².